The summed E-state index contributed by atoms with van der Waals surface area (Å²) < 4.78 is 0. The monoisotopic (exact) mass is 284 g/mol. The highest BCUT2D eigenvalue weighted by molar-refractivity contribution is 5.78. The Morgan fingerprint density at radius 1 is 1.14 bits per heavy atom. The Morgan fingerprint density at radius 3 is 2.86 bits per heavy atom. The van der Waals surface area contributed by atoms with Gasteiger partial charge in [-0.15, -0.1) is 0 Å². The highest BCUT2D eigenvalue weighted by Crippen LogP contribution is 2.26. The first-order valence-electron chi connectivity index (χ1n) is 7.98. The first kappa shape index (κ1) is 14.5. The second kappa shape index (κ2) is 6.12. The van der Waals surface area contributed by atoms with Crippen LogP contribution in [0.25, 0.3) is 10.9 Å². The number of pyridine rings is 1. The average molecular weight is 284 g/mol. The maximum atomic E-state index is 10.9. The van der Waals surface area contributed by atoms with Gasteiger partial charge in [-0.05, 0) is 44.5 Å². The molecule has 1 atom stereocenters. The van der Waals surface area contributed by atoms with E-state index in [9.17, 15) is 5.11 Å². The fraction of sp³-hybridized carbons (Fsp3) is 0.500. The molecule has 1 unspecified atom stereocenters. The van der Waals surface area contributed by atoms with Crippen LogP contribution in [0.1, 0.15) is 31.9 Å². The molecular formula is C18H24N2O. The van der Waals surface area contributed by atoms with Crippen LogP contribution in [0.4, 0.5) is 0 Å². The van der Waals surface area contributed by atoms with E-state index in [-0.39, 0.29) is 0 Å². The van der Waals surface area contributed by atoms with Crippen LogP contribution in [0.15, 0.2) is 36.4 Å². The third-order valence-corrected chi connectivity index (χ3v) is 4.62. The van der Waals surface area contributed by atoms with Crippen molar-refractivity contribution in [1.29, 1.82) is 0 Å². The smallest absolute Gasteiger partial charge is 0.0715 e. The number of benzene rings is 1. The summed E-state index contributed by atoms with van der Waals surface area (Å²) in [5.74, 6) is 0. The number of para-hydroxylation sites is 1. The summed E-state index contributed by atoms with van der Waals surface area (Å²) in [5.41, 5.74) is 1.42. The molecule has 112 valence electrons. The van der Waals surface area contributed by atoms with Crippen molar-refractivity contribution in [3.05, 3.63) is 42.1 Å². The van der Waals surface area contributed by atoms with Gasteiger partial charge in [0.05, 0.1) is 11.1 Å². The number of rotatable bonds is 3. The van der Waals surface area contributed by atoms with Gasteiger partial charge in [0.15, 0.2) is 0 Å². The average Bonchev–Trinajstić information content (AvgIpc) is 2.69. The zero-order valence-electron chi connectivity index (χ0n) is 12.8. The summed E-state index contributed by atoms with van der Waals surface area (Å²) in [6.45, 7) is 5.35. The highest BCUT2D eigenvalue weighted by Gasteiger charge is 2.30. The Labute approximate surface area is 126 Å². The molecule has 1 aliphatic rings. The lowest BCUT2D eigenvalue weighted by Gasteiger charge is -2.26. The maximum absolute atomic E-state index is 10.9. The molecule has 1 aromatic heterocycles. The van der Waals surface area contributed by atoms with Gasteiger partial charge in [-0.25, -0.2) is 0 Å². The zero-order chi connectivity index (χ0) is 14.7. The summed E-state index contributed by atoms with van der Waals surface area (Å²) >= 11 is 0. The summed E-state index contributed by atoms with van der Waals surface area (Å²) in [6.07, 6.45) is 3.45. The van der Waals surface area contributed by atoms with Crippen molar-refractivity contribution in [1.82, 2.24) is 9.88 Å². The molecule has 0 radical (unpaired) electrons. The fourth-order valence-corrected chi connectivity index (χ4v) is 3.27. The van der Waals surface area contributed by atoms with E-state index in [1.54, 1.807) is 0 Å². The minimum absolute atomic E-state index is 0.598. The van der Waals surface area contributed by atoms with Crippen molar-refractivity contribution < 1.29 is 5.11 Å². The molecule has 1 aromatic carbocycles. The fourth-order valence-electron chi connectivity index (χ4n) is 3.27. The predicted octanol–water partition coefficient (Wildman–Crippen LogP) is 3.01. The second-order valence-electron chi connectivity index (χ2n) is 6.18. The molecule has 0 spiro atoms. The summed E-state index contributed by atoms with van der Waals surface area (Å²) in [7, 11) is 0. The third kappa shape index (κ3) is 3.42. The summed E-state index contributed by atoms with van der Waals surface area (Å²) in [5, 5.41) is 12.1. The first-order chi connectivity index (χ1) is 10.2. The van der Waals surface area contributed by atoms with Gasteiger partial charge in [0.2, 0.25) is 0 Å². The number of hydrogen-bond donors (Lipinski definition) is 1. The topological polar surface area (TPSA) is 36.4 Å². The minimum Gasteiger partial charge on any atom is -0.389 e. The SMILES string of the molecule is CCN1CCCC(O)(Cc2ccc3ccccc3n2)CC1. The summed E-state index contributed by atoms with van der Waals surface area (Å²) in [6, 6.07) is 12.3. The third-order valence-electron chi connectivity index (χ3n) is 4.62. The standard InChI is InChI=1S/C18H24N2O/c1-2-20-12-5-10-18(21,11-13-20)14-16-9-8-15-6-3-4-7-17(15)19-16/h3-4,6-9,21H,2,5,10-14H2,1H3. The molecule has 0 amide bonds. The van der Waals surface area contributed by atoms with Crippen LogP contribution >= 0.6 is 0 Å². The lowest BCUT2D eigenvalue weighted by Crippen LogP contribution is -2.33. The number of aromatic nitrogens is 1. The normalized spacial score (nSPS) is 24.1. The van der Waals surface area contributed by atoms with E-state index >= 15 is 0 Å². The van der Waals surface area contributed by atoms with Crippen LogP contribution in [0.5, 0.6) is 0 Å². The quantitative estimate of drug-likeness (QED) is 0.941. The largest absolute Gasteiger partial charge is 0.389 e. The molecule has 2 aromatic rings. The van der Waals surface area contributed by atoms with Gasteiger partial charge in [-0.2, -0.15) is 0 Å². The number of hydrogen-bond acceptors (Lipinski definition) is 3. The minimum atomic E-state index is -0.598. The Kier molecular flexibility index (Phi) is 4.22. The molecule has 3 rings (SSSR count). The van der Waals surface area contributed by atoms with E-state index in [2.05, 4.69) is 30.0 Å². The number of aliphatic hydroxyl groups is 1. The van der Waals surface area contributed by atoms with E-state index in [4.69, 9.17) is 4.98 Å². The zero-order valence-corrected chi connectivity index (χ0v) is 12.8. The van der Waals surface area contributed by atoms with Crippen molar-refractivity contribution in [2.75, 3.05) is 19.6 Å². The van der Waals surface area contributed by atoms with E-state index in [1.165, 1.54) is 0 Å². The summed E-state index contributed by atoms with van der Waals surface area (Å²) in [4.78, 5) is 7.13. The highest BCUT2D eigenvalue weighted by atomic mass is 16.3. The van der Waals surface area contributed by atoms with Gasteiger partial charge in [0.1, 0.15) is 0 Å². The Morgan fingerprint density at radius 2 is 2.00 bits per heavy atom. The number of nitrogens with zero attached hydrogens (tertiary/aromatic N) is 2. The van der Waals surface area contributed by atoms with E-state index in [0.717, 1.165) is 55.5 Å². The molecular weight excluding hydrogens is 260 g/mol. The maximum Gasteiger partial charge on any atom is 0.0715 e. The molecule has 0 aliphatic carbocycles. The molecule has 3 heteroatoms. The van der Waals surface area contributed by atoms with Crippen LogP contribution in [0.3, 0.4) is 0 Å². The molecule has 0 saturated carbocycles. The molecule has 0 bridgehead atoms. The van der Waals surface area contributed by atoms with Gasteiger partial charge in [0.25, 0.3) is 0 Å². The van der Waals surface area contributed by atoms with Crippen LogP contribution in [0.2, 0.25) is 0 Å². The lowest BCUT2D eigenvalue weighted by molar-refractivity contribution is 0.0250. The molecule has 1 saturated heterocycles. The molecule has 1 fully saturated rings. The first-order valence-corrected chi connectivity index (χ1v) is 7.98. The molecule has 2 heterocycles. The van der Waals surface area contributed by atoms with Gasteiger partial charge < -0.3 is 10.0 Å². The van der Waals surface area contributed by atoms with Crippen LogP contribution in [0, 0.1) is 0 Å². The molecule has 1 aliphatic heterocycles. The van der Waals surface area contributed by atoms with Crippen molar-refractivity contribution >= 4 is 10.9 Å². The van der Waals surface area contributed by atoms with Crippen molar-refractivity contribution in [3.63, 3.8) is 0 Å². The van der Waals surface area contributed by atoms with Gasteiger partial charge in [0, 0.05) is 24.0 Å². The second-order valence-corrected chi connectivity index (χ2v) is 6.18. The van der Waals surface area contributed by atoms with Crippen LogP contribution < -0.4 is 0 Å². The molecule has 21 heavy (non-hydrogen) atoms. The van der Waals surface area contributed by atoms with E-state index < -0.39 is 5.60 Å². The van der Waals surface area contributed by atoms with Crippen LogP contribution in [-0.4, -0.2) is 40.2 Å². The Balaban J connectivity index is 1.77. The van der Waals surface area contributed by atoms with Gasteiger partial charge in [-0.1, -0.05) is 31.2 Å². The van der Waals surface area contributed by atoms with Crippen molar-refractivity contribution in [3.8, 4) is 0 Å². The van der Waals surface area contributed by atoms with Gasteiger partial charge in [-0.3, -0.25) is 4.98 Å². The number of fused-ring (bicyclic) bond motifs is 1. The molecule has 3 nitrogen and oxygen atoms in total. The van der Waals surface area contributed by atoms with E-state index in [0.29, 0.717) is 6.42 Å². The van der Waals surface area contributed by atoms with Crippen molar-refractivity contribution in [2.24, 2.45) is 0 Å². The van der Waals surface area contributed by atoms with Crippen LogP contribution in [-0.2, 0) is 6.42 Å². The Hall–Kier alpha value is -1.45. The van der Waals surface area contributed by atoms with Gasteiger partial charge >= 0.3 is 0 Å². The molecule has 1 N–H and O–H groups in total. The lowest BCUT2D eigenvalue weighted by atomic mass is 9.89. The van der Waals surface area contributed by atoms with E-state index in [1.807, 2.05) is 18.2 Å². The predicted molar refractivity (Wildman–Crippen MR) is 86.4 cm³/mol. The number of likely N-dealkylation sites (tertiary alicyclic amines) is 1. The Bertz CT molecular complexity index is 613. The van der Waals surface area contributed by atoms with Crippen molar-refractivity contribution in [2.45, 2.75) is 38.2 Å².